The van der Waals surface area contributed by atoms with Crippen molar-refractivity contribution in [2.75, 3.05) is 13.1 Å². The van der Waals surface area contributed by atoms with Gasteiger partial charge in [0.1, 0.15) is 0 Å². The van der Waals surface area contributed by atoms with E-state index in [0.717, 1.165) is 38.8 Å². The van der Waals surface area contributed by atoms with Crippen molar-refractivity contribution < 1.29 is 18.9 Å². The van der Waals surface area contributed by atoms with Crippen LogP contribution in [-0.4, -0.2) is 60.1 Å². The first-order valence-electron chi connectivity index (χ1n) is 11.8. The van der Waals surface area contributed by atoms with E-state index in [1.807, 2.05) is 45.9 Å². The van der Waals surface area contributed by atoms with Crippen LogP contribution in [-0.2, 0) is 25.3 Å². The van der Waals surface area contributed by atoms with E-state index in [0.29, 0.717) is 6.42 Å². The number of rotatable bonds is 9. The van der Waals surface area contributed by atoms with Crippen molar-refractivity contribution in [3.63, 3.8) is 0 Å². The van der Waals surface area contributed by atoms with E-state index >= 15 is 0 Å². The van der Waals surface area contributed by atoms with Crippen molar-refractivity contribution in [1.82, 2.24) is 10.2 Å². The van der Waals surface area contributed by atoms with E-state index in [4.69, 9.17) is 15.0 Å². The SMILES string of the molecule is CC1(C)OB(C(CCCc2ccccc2)NC(=O)C(N)CC(=O)N2CCCC2)OC1(C)C. The molecule has 0 radical (unpaired) electrons. The first-order valence-corrected chi connectivity index (χ1v) is 11.8. The van der Waals surface area contributed by atoms with Crippen LogP contribution in [0.25, 0.3) is 0 Å². The highest BCUT2D eigenvalue weighted by molar-refractivity contribution is 6.48. The molecular weight excluding hydrogens is 405 g/mol. The average molecular weight is 443 g/mol. The van der Waals surface area contributed by atoms with Crippen molar-refractivity contribution in [2.24, 2.45) is 5.73 Å². The fourth-order valence-corrected chi connectivity index (χ4v) is 4.17. The Hall–Kier alpha value is -1.90. The quantitative estimate of drug-likeness (QED) is 0.572. The second kappa shape index (κ2) is 10.4. The lowest BCUT2D eigenvalue weighted by Gasteiger charge is -2.32. The average Bonchev–Trinajstić information content (AvgIpc) is 3.34. The van der Waals surface area contributed by atoms with Gasteiger partial charge in [-0.15, -0.1) is 0 Å². The standard InChI is InChI=1S/C24H38BN3O4/c1-23(2)24(3,4)32-25(31-23)20(14-10-13-18-11-6-5-7-12-18)27-22(30)19(26)17-21(29)28-15-8-9-16-28/h5-7,11-12,19-20H,8-10,13-17,26H2,1-4H3,(H,27,30). The maximum absolute atomic E-state index is 12.9. The molecule has 2 fully saturated rings. The summed E-state index contributed by atoms with van der Waals surface area (Å²) in [6.45, 7) is 9.49. The summed E-state index contributed by atoms with van der Waals surface area (Å²) in [5.41, 5.74) is 6.38. The summed E-state index contributed by atoms with van der Waals surface area (Å²) in [5, 5.41) is 3.03. The molecule has 0 saturated carbocycles. The van der Waals surface area contributed by atoms with Gasteiger partial charge in [-0.2, -0.15) is 0 Å². The number of nitrogens with zero attached hydrogens (tertiary/aromatic N) is 1. The van der Waals surface area contributed by atoms with Crippen LogP contribution in [0.2, 0.25) is 0 Å². The second-order valence-electron chi connectivity index (χ2n) is 10.0. The van der Waals surface area contributed by atoms with E-state index in [-0.39, 0.29) is 24.2 Å². The van der Waals surface area contributed by atoms with Crippen LogP contribution in [0.5, 0.6) is 0 Å². The van der Waals surface area contributed by atoms with Crippen molar-refractivity contribution in [3.8, 4) is 0 Å². The number of carbonyl (C=O) groups excluding carboxylic acids is 2. The fourth-order valence-electron chi connectivity index (χ4n) is 4.17. The molecule has 32 heavy (non-hydrogen) atoms. The van der Waals surface area contributed by atoms with Gasteiger partial charge in [-0.05, 0) is 65.4 Å². The molecule has 3 rings (SSSR count). The van der Waals surface area contributed by atoms with Gasteiger partial charge in [0.05, 0.1) is 29.6 Å². The number of benzene rings is 1. The number of nitrogens with two attached hydrogens (primary N) is 1. The van der Waals surface area contributed by atoms with Crippen LogP contribution in [0.3, 0.4) is 0 Å². The Kier molecular flexibility index (Phi) is 8.01. The summed E-state index contributed by atoms with van der Waals surface area (Å²) < 4.78 is 12.4. The van der Waals surface area contributed by atoms with Crippen LogP contribution >= 0.6 is 0 Å². The lowest BCUT2D eigenvalue weighted by molar-refractivity contribution is -0.133. The zero-order valence-corrected chi connectivity index (χ0v) is 19.9. The Bertz CT molecular complexity index is 765. The molecule has 2 unspecified atom stereocenters. The molecule has 176 valence electrons. The molecule has 1 aromatic carbocycles. The summed E-state index contributed by atoms with van der Waals surface area (Å²) >= 11 is 0. The first kappa shape index (κ1) is 24.7. The summed E-state index contributed by atoms with van der Waals surface area (Å²) in [4.78, 5) is 27.1. The maximum Gasteiger partial charge on any atom is 0.481 e. The van der Waals surface area contributed by atoms with Crippen LogP contribution in [0.15, 0.2) is 30.3 Å². The smallest absolute Gasteiger partial charge is 0.402 e. The van der Waals surface area contributed by atoms with Crippen LogP contribution in [0.1, 0.15) is 65.4 Å². The number of carbonyl (C=O) groups is 2. The van der Waals surface area contributed by atoms with Gasteiger partial charge in [0.25, 0.3) is 0 Å². The molecule has 3 N–H and O–H groups in total. The van der Waals surface area contributed by atoms with E-state index in [9.17, 15) is 9.59 Å². The minimum Gasteiger partial charge on any atom is -0.402 e. The van der Waals surface area contributed by atoms with E-state index in [1.165, 1.54) is 5.56 Å². The number of hydrogen-bond acceptors (Lipinski definition) is 5. The number of hydrogen-bond donors (Lipinski definition) is 2. The predicted octanol–water partition coefficient (Wildman–Crippen LogP) is 2.47. The topological polar surface area (TPSA) is 93.9 Å². The molecule has 2 amide bonds. The van der Waals surface area contributed by atoms with Crippen molar-refractivity contribution >= 4 is 18.9 Å². The van der Waals surface area contributed by atoms with Crippen LogP contribution in [0, 0.1) is 0 Å². The number of amides is 2. The monoisotopic (exact) mass is 443 g/mol. The van der Waals surface area contributed by atoms with E-state index in [1.54, 1.807) is 4.90 Å². The molecule has 0 aromatic heterocycles. The third-order valence-corrected chi connectivity index (χ3v) is 6.94. The molecule has 0 aliphatic carbocycles. The Balaban J connectivity index is 1.61. The zero-order valence-electron chi connectivity index (χ0n) is 19.9. The minimum atomic E-state index is -0.887. The zero-order chi connectivity index (χ0) is 23.4. The normalized spacial score (nSPS) is 21.4. The van der Waals surface area contributed by atoms with Gasteiger partial charge < -0.3 is 25.3 Å². The second-order valence-corrected chi connectivity index (χ2v) is 10.0. The van der Waals surface area contributed by atoms with Gasteiger partial charge in [0.15, 0.2) is 0 Å². The number of likely N-dealkylation sites (tertiary alicyclic amines) is 1. The van der Waals surface area contributed by atoms with E-state index in [2.05, 4.69) is 17.4 Å². The summed E-state index contributed by atoms with van der Waals surface area (Å²) in [7, 11) is -0.568. The molecule has 2 saturated heterocycles. The molecule has 8 heteroatoms. The lowest BCUT2D eigenvalue weighted by atomic mass is 9.75. The largest absolute Gasteiger partial charge is 0.481 e. The molecule has 2 atom stereocenters. The predicted molar refractivity (Wildman–Crippen MR) is 126 cm³/mol. The third kappa shape index (κ3) is 6.12. The van der Waals surface area contributed by atoms with Crippen molar-refractivity contribution in [2.45, 2.75) is 89.4 Å². The van der Waals surface area contributed by atoms with Gasteiger partial charge >= 0.3 is 7.12 Å². The lowest BCUT2D eigenvalue weighted by Crippen LogP contribution is -2.53. The van der Waals surface area contributed by atoms with Crippen molar-refractivity contribution in [1.29, 1.82) is 0 Å². The van der Waals surface area contributed by atoms with Crippen LogP contribution < -0.4 is 11.1 Å². The highest BCUT2D eigenvalue weighted by Gasteiger charge is 2.54. The third-order valence-electron chi connectivity index (χ3n) is 6.94. The Morgan fingerprint density at radius 2 is 1.69 bits per heavy atom. The highest BCUT2D eigenvalue weighted by Crippen LogP contribution is 2.38. The van der Waals surface area contributed by atoms with Gasteiger partial charge in [-0.1, -0.05) is 30.3 Å². The molecule has 0 bridgehead atoms. The molecule has 0 spiro atoms. The molecular formula is C24H38BN3O4. The molecule has 2 heterocycles. The van der Waals surface area contributed by atoms with Gasteiger partial charge in [-0.3, -0.25) is 9.59 Å². The summed E-state index contributed by atoms with van der Waals surface area (Å²) in [5.74, 6) is -0.737. The highest BCUT2D eigenvalue weighted by atomic mass is 16.7. The van der Waals surface area contributed by atoms with Gasteiger partial charge in [-0.25, -0.2) is 0 Å². The molecule has 7 nitrogen and oxygen atoms in total. The van der Waals surface area contributed by atoms with Gasteiger partial charge in [0.2, 0.25) is 11.8 Å². The molecule has 2 aliphatic heterocycles. The number of aryl methyl sites for hydroxylation is 1. The summed E-state index contributed by atoms with van der Waals surface area (Å²) in [6, 6.07) is 9.37. The molecule has 1 aromatic rings. The summed E-state index contributed by atoms with van der Waals surface area (Å²) in [6.07, 6.45) is 4.49. The number of nitrogens with one attached hydrogen (secondary N) is 1. The van der Waals surface area contributed by atoms with Crippen LogP contribution in [0.4, 0.5) is 0 Å². The first-order chi connectivity index (χ1) is 15.1. The van der Waals surface area contributed by atoms with E-state index < -0.39 is 24.4 Å². The van der Waals surface area contributed by atoms with Crippen molar-refractivity contribution in [3.05, 3.63) is 35.9 Å². The Morgan fingerprint density at radius 1 is 1.09 bits per heavy atom. The molecule has 2 aliphatic rings. The Morgan fingerprint density at radius 3 is 2.28 bits per heavy atom. The maximum atomic E-state index is 12.9. The van der Waals surface area contributed by atoms with Gasteiger partial charge in [0, 0.05) is 13.1 Å². The fraction of sp³-hybridized carbons (Fsp3) is 0.667. The minimum absolute atomic E-state index is 0.0198. The Labute approximate surface area is 192 Å².